The van der Waals surface area contributed by atoms with E-state index in [2.05, 4.69) is 10.6 Å². The minimum atomic E-state index is -1.13. The molecule has 0 atom stereocenters. The smallest absolute Gasteiger partial charge is 0.310 e. The third-order valence-corrected chi connectivity index (χ3v) is 3.24. The molecule has 0 aliphatic heterocycles. The van der Waals surface area contributed by atoms with Gasteiger partial charge in [0.2, 0.25) is 0 Å². The van der Waals surface area contributed by atoms with Crippen molar-refractivity contribution < 1.29 is 18.8 Å². The van der Waals surface area contributed by atoms with Crippen LogP contribution in [0.25, 0.3) is 0 Å². The third-order valence-electron chi connectivity index (χ3n) is 2.75. The molecule has 23 heavy (non-hydrogen) atoms. The lowest BCUT2D eigenvalue weighted by molar-refractivity contribution is -0.130. The Morgan fingerprint density at radius 3 is 2.00 bits per heavy atom. The fourth-order valence-corrected chi connectivity index (χ4v) is 1.99. The highest BCUT2D eigenvalue weighted by Gasteiger charge is 2.12. The number of benzene rings is 2. The lowest BCUT2D eigenvalue weighted by Crippen LogP contribution is -2.18. The average Bonchev–Trinajstić information content (AvgIpc) is 2.48. The van der Waals surface area contributed by atoms with Crippen molar-refractivity contribution in [2.45, 2.75) is 0 Å². The second-order valence-electron chi connectivity index (χ2n) is 4.38. The van der Waals surface area contributed by atoms with E-state index < -0.39 is 22.9 Å². The number of hydrogen-bond acceptors (Lipinski definition) is 3. The predicted molar refractivity (Wildman–Crippen MR) is 85.3 cm³/mol. The number of amides is 2. The van der Waals surface area contributed by atoms with Crippen molar-refractivity contribution in [2.24, 2.45) is 0 Å². The van der Waals surface area contributed by atoms with Crippen molar-refractivity contribution >= 4 is 51.6 Å². The van der Waals surface area contributed by atoms with E-state index in [1.165, 1.54) is 30.3 Å². The third kappa shape index (κ3) is 4.51. The van der Waals surface area contributed by atoms with Gasteiger partial charge in [-0.2, -0.15) is 0 Å². The van der Waals surface area contributed by atoms with Gasteiger partial charge in [-0.25, -0.2) is 4.39 Å². The zero-order valence-electron chi connectivity index (χ0n) is 11.4. The summed E-state index contributed by atoms with van der Waals surface area (Å²) in [6, 6.07) is 9.39. The van der Waals surface area contributed by atoms with Crippen LogP contribution in [0.4, 0.5) is 15.8 Å². The van der Waals surface area contributed by atoms with E-state index >= 15 is 0 Å². The topological polar surface area (TPSA) is 75.3 Å². The Labute approximate surface area is 140 Å². The molecule has 0 aliphatic carbocycles. The molecule has 0 heterocycles. The fraction of sp³-hybridized carbons (Fsp3) is 0. The zero-order valence-corrected chi connectivity index (χ0v) is 12.9. The maximum absolute atomic E-state index is 13.0. The van der Waals surface area contributed by atoms with Gasteiger partial charge in [-0.1, -0.05) is 11.6 Å². The summed E-state index contributed by atoms with van der Waals surface area (Å²) in [5.74, 6) is -2.01. The van der Waals surface area contributed by atoms with Crippen molar-refractivity contribution in [2.75, 3.05) is 10.6 Å². The summed E-state index contributed by atoms with van der Waals surface area (Å²) in [6.45, 7) is 0. The van der Waals surface area contributed by atoms with Gasteiger partial charge in [-0.05, 0) is 54.1 Å². The Morgan fingerprint density at radius 1 is 0.913 bits per heavy atom. The lowest BCUT2D eigenvalue weighted by atomic mass is 10.2. The van der Waals surface area contributed by atoms with Crippen molar-refractivity contribution in [1.29, 1.82) is 0 Å². The number of hydrogen-bond donors (Lipinski definition) is 2. The fourth-order valence-electron chi connectivity index (χ4n) is 1.69. The van der Waals surface area contributed by atoms with E-state index in [4.69, 9.17) is 23.2 Å². The maximum atomic E-state index is 13.0. The molecule has 2 N–H and O–H groups in total. The van der Waals surface area contributed by atoms with Crippen LogP contribution in [0.1, 0.15) is 10.4 Å². The normalized spacial score (nSPS) is 10.0. The zero-order chi connectivity index (χ0) is 17.0. The Kier molecular flexibility index (Phi) is 5.31. The molecule has 0 aromatic heterocycles. The second kappa shape index (κ2) is 7.21. The van der Waals surface area contributed by atoms with Crippen molar-refractivity contribution in [3.05, 3.63) is 58.9 Å². The van der Waals surface area contributed by atoms with E-state index in [1.54, 1.807) is 0 Å². The van der Waals surface area contributed by atoms with Crippen LogP contribution < -0.4 is 10.6 Å². The standard InChI is InChI=1S/C15H9Cl2FN2O3/c16-12-7-8(18)1-6-11(12)14(22)19-9-2-4-10(5-3-9)20-15(23)13(17)21/h1-7H,(H,19,22)(H,20,23). The predicted octanol–water partition coefficient (Wildman–Crippen LogP) is 3.44. The van der Waals surface area contributed by atoms with Gasteiger partial charge in [-0.15, -0.1) is 0 Å². The van der Waals surface area contributed by atoms with Crippen LogP contribution in [0.2, 0.25) is 5.02 Å². The number of rotatable bonds is 4. The van der Waals surface area contributed by atoms with Gasteiger partial charge in [0.25, 0.3) is 5.91 Å². The van der Waals surface area contributed by atoms with E-state index in [-0.39, 0.29) is 10.6 Å². The highest BCUT2D eigenvalue weighted by Crippen LogP contribution is 2.20. The molecule has 0 radical (unpaired) electrons. The minimum Gasteiger partial charge on any atom is -0.322 e. The highest BCUT2D eigenvalue weighted by atomic mass is 35.5. The molecule has 0 aliphatic rings. The number of halogens is 3. The number of carbonyl (C=O) groups is 3. The molecular weight excluding hydrogens is 346 g/mol. The second-order valence-corrected chi connectivity index (χ2v) is 5.13. The minimum absolute atomic E-state index is 0.00740. The van der Waals surface area contributed by atoms with E-state index in [9.17, 15) is 18.8 Å². The van der Waals surface area contributed by atoms with Crippen LogP contribution in [-0.4, -0.2) is 17.1 Å². The molecule has 2 aromatic carbocycles. The molecule has 0 saturated carbocycles. The molecule has 118 valence electrons. The van der Waals surface area contributed by atoms with Gasteiger partial charge in [0.05, 0.1) is 10.6 Å². The highest BCUT2D eigenvalue weighted by molar-refractivity contribution is 6.82. The quantitative estimate of drug-likeness (QED) is 0.652. The summed E-state index contributed by atoms with van der Waals surface area (Å²) in [5.41, 5.74) is 0.880. The molecule has 2 aromatic rings. The first kappa shape index (κ1) is 16.9. The average molecular weight is 355 g/mol. The molecular formula is C15H9Cl2FN2O3. The van der Waals surface area contributed by atoms with Gasteiger partial charge in [0, 0.05) is 11.4 Å². The Balaban J connectivity index is 2.07. The van der Waals surface area contributed by atoms with E-state index in [1.807, 2.05) is 0 Å². The van der Waals surface area contributed by atoms with Gasteiger partial charge >= 0.3 is 11.1 Å². The number of nitrogens with one attached hydrogen (secondary N) is 2. The molecule has 0 spiro atoms. The van der Waals surface area contributed by atoms with Gasteiger partial charge < -0.3 is 10.6 Å². The number of anilines is 2. The van der Waals surface area contributed by atoms with Crippen LogP contribution in [0.3, 0.4) is 0 Å². The summed E-state index contributed by atoms with van der Waals surface area (Å²) in [5, 5.41) is 3.70. The molecule has 0 unspecified atom stereocenters. The molecule has 8 heteroatoms. The first-order valence-electron chi connectivity index (χ1n) is 6.24. The first-order chi connectivity index (χ1) is 10.9. The molecule has 5 nitrogen and oxygen atoms in total. The van der Waals surface area contributed by atoms with E-state index in [0.717, 1.165) is 12.1 Å². The Morgan fingerprint density at radius 2 is 1.48 bits per heavy atom. The maximum Gasteiger partial charge on any atom is 0.310 e. The van der Waals surface area contributed by atoms with Crippen LogP contribution >= 0.6 is 23.2 Å². The van der Waals surface area contributed by atoms with E-state index in [0.29, 0.717) is 11.4 Å². The first-order valence-corrected chi connectivity index (χ1v) is 6.99. The van der Waals surface area contributed by atoms with Crippen LogP contribution in [0, 0.1) is 5.82 Å². The largest absolute Gasteiger partial charge is 0.322 e. The van der Waals surface area contributed by atoms with Gasteiger partial charge in [0.15, 0.2) is 0 Å². The summed E-state index contributed by atoms with van der Waals surface area (Å²) in [4.78, 5) is 33.8. The Bertz CT molecular complexity index is 779. The molecule has 0 bridgehead atoms. The van der Waals surface area contributed by atoms with Crippen LogP contribution in [0.15, 0.2) is 42.5 Å². The lowest BCUT2D eigenvalue weighted by Gasteiger charge is -2.08. The van der Waals surface area contributed by atoms with Crippen molar-refractivity contribution in [3.63, 3.8) is 0 Å². The summed E-state index contributed by atoms with van der Waals surface area (Å²) in [7, 11) is 0. The molecule has 2 amide bonds. The summed E-state index contributed by atoms with van der Waals surface area (Å²) < 4.78 is 13.0. The van der Waals surface area contributed by atoms with Crippen molar-refractivity contribution in [1.82, 2.24) is 0 Å². The summed E-state index contributed by atoms with van der Waals surface area (Å²) >= 11 is 10.8. The van der Waals surface area contributed by atoms with Gasteiger partial charge in [-0.3, -0.25) is 14.4 Å². The summed E-state index contributed by atoms with van der Waals surface area (Å²) in [6.07, 6.45) is 0. The SMILES string of the molecule is O=C(Cl)C(=O)Nc1ccc(NC(=O)c2ccc(F)cc2Cl)cc1. The van der Waals surface area contributed by atoms with Crippen LogP contribution in [-0.2, 0) is 9.59 Å². The van der Waals surface area contributed by atoms with Crippen LogP contribution in [0.5, 0.6) is 0 Å². The molecule has 0 fully saturated rings. The van der Waals surface area contributed by atoms with Crippen molar-refractivity contribution in [3.8, 4) is 0 Å². The molecule has 2 rings (SSSR count). The monoisotopic (exact) mass is 354 g/mol. The van der Waals surface area contributed by atoms with Gasteiger partial charge in [0.1, 0.15) is 5.82 Å². The molecule has 0 saturated heterocycles. The number of carbonyl (C=O) groups excluding carboxylic acids is 3. The Hall–Kier alpha value is -2.44.